The number of nitrogens with one attached hydrogen (secondary N) is 2. The number of hydrogen-bond donors (Lipinski definition) is 2. The summed E-state index contributed by atoms with van der Waals surface area (Å²) >= 11 is 0. The van der Waals surface area contributed by atoms with E-state index in [4.69, 9.17) is 0 Å². The van der Waals surface area contributed by atoms with Crippen LogP contribution in [0.1, 0.15) is 17.5 Å². The molecule has 0 bridgehead atoms. The predicted octanol–water partition coefficient (Wildman–Crippen LogP) is 4.68. The smallest absolute Gasteiger partial charge is 0.225 e. The van der Waals surface area contributed by atoms with Gasteiger partial charge >= 0.3 is 0 Å². The summed E-state index contributed by atoms with van der Waals surface area (Å²) < 4.78 is 68.4. The molecule has 0 aliphatic carbocycles. The Balaban J connectivity index is 1.41. The highest BCUT2D eigenvalue weighted by atomic mass is 19.2. The lowest BCUT2D eigenvalue weighted by Crippen LogP contribution is -2.14. The minimum atomic E-state index is -2.22. The number of H-pyrrole nitrogens is 1. The number of carbonyl (C=O) groups excluding carboxylic acids is 1. The van der Waals surface area contributed by atoms with Crippen LogP contribution >= 0.6 is 0 Å². The third kappa shape index (κ3) is 4.00. The largest absolute Gasteiger partial charge is 0.361 e. The zero-order valence-electron chi connectivity index (χ0n) is 15.9. The molecule has 0 saturated carbocycles. The summed E-state index contributed by atoms with van der Waals surface area (Å²) in [6.45, 7) is -0.697. The number of halogens is 5. The molecule has 0 unspecified atom stereocenters. The fourth-order valence-corrected chi connectivity index (χ4v) is 3.26. The second-order valence-corrected chi connectivity index (χ2v) is 6.85. The van der Waals surface area contributed by atoms with Crippen LogP contribution in [0.3, 0.4) is 0 Å². The standard InChI is InChI=1S/C21H15F5N4O/c22-17-13(18(23)20(25)21(26)19(17)24)10-30-8-7-15(29-30)28-16(31)6-5-11-9-27-14-4-2-1-3-12(11)14/h1-4,7-9,27H,5-6,10H2,(H,28,29,31). The minimum absolute atomic E-state index is 0.0906. The number of aryl methyl sites for hydroxylation is 1. The SMILES string of the molecule is O=C(CCc1c[nH]c2ccccc12)Nc1ccn(Cc2c(F)c(F)c(F)c(F)c2F)n1. The zero-order chi connectivity index (χ0) is 22.1. The number of anilines is 1. The van der Waals surface area contributed by atoms with Gasteiger partial charge in [-0.3, -0.25) is 9.48 Å². The van der Waals surface area contributed by atoms with Crippen LogP contribution in [-0.2, 0) is 17.8 Å². The van der Waals surface area contributed by atoms with Crippen molar-refractivity contribution in [1.82, 2.24) is 14.8 Å². The average molecular weight is 434 g/mol. The summed E-state index contributed by atoms with van der Waals surface area (Å²) in [7, 11) is 0. The number of rotatable bonds is 6. The van der Waals surface area contributed by atoms with Gasteiger partial charge in [0.25, 0.3) is 0 Å². The van der Waals surface area contributed by atoms with Gasteiger partial charge in [-0.15, -0.1) is 0 Å². The number of nitrogens with zero attached hydrogens (tertiary/aromatic N) is 2. The first kappa shape index (κ1) is 20.6. The number of para-hydroxylation sites is 1. The van der Waals surface area contributed by atoms with Crippen LogP contribution in [0.15, 0.2) is 42.7 Å². The zero-order valence-corrected chi connectivity index (χ0v) is 15.9. The molecule has 1 amide bonds. The average Bonchev–Trinajstić information content (AvgIpc) is 3.39. The topological polar surface area (TPSA) is 62.7 Å². The molecule has 0 spiro atoms. The van der Waals surface area contributed by atoms with Gasteiger partial charge in [-0.25, -0.2) is 22.0 Å². The fourth-order valence-electron chi connectivity index (χ4n) is 3.26. The highest BCUT2D eigenvalue weighted by Gasteiger charge is 2.26. The van der Waals surface area contributed by atoms with Crippen molar-refractivity contribution in [2.75, 3.05) is 5.32 Å². The molecule has 160 valence electrons. The van der Waals surface area contributed by atoms with Gasteiger partial charge in [0.1, 0.15) is 0 Å². The molecule has 4 rings (SSSR count). The van der Waals surface area contributed by atoms with Gasteiger partial charge < -0.3 is 10.3 Å². The maximum absolute atomic E-state index is 13.8. The van der Waals surface area contributed by atoms with E-state index in [1.165, 1.54) is 12.3 Å². The summed E-state index contributed by atoms with van der Waals surface area (Å²) in [5, 5.41) is 7.47. The predicted molar refractivity (Wildman–Crippen MR) is 103 cm³/mol. The molecule has 0 atom stereocenters. The molecule has 2 aromatic carbocycles. The van der Waals surface area contributed by atoms with Gasteiger partial charge in [0.15, 0.2) is 29.1 Å². The van der Waals surface area contributed by atoms with Crippen LogP contribution < -0.4 is 5.32 Å². The van der Waals surface area contributed by atoms with Gasteiger partial charge in [-0.1, -0.05) is 18.2 Å². The third-order valence-corrected chi connectivity index (χ3v) is 4.83. The summed E-state index contributed by atoms with van der Waals surface area (Å²) in [5.74, 6) is -10.4. The van der Waals surface area contributed by atoms with Crippen molar-refractivity contribution < 1.29 is 26.7 Å². The highest BCUT2D eigenvalue weighted by molar-refractivity contribution is 5.90. The Kier molecular flexibility index (Phi) is 5.45. The Hall–Kier alpha value is -3.69. The fraction of sp³-hybridized carbons (Fsp3) is 0.143. The summed E-state index contributed by atoms with van der Waals surface area (Å²) in [6.07, 6.45) is 3.72. The Bertz CT molecular complexity index is 1250. The first-order valence-corrected chi connectivity index (χ1v) is 9.23. The van der Waals surface area contributed by atoms with E-state index in [9.17, 15) is 26.7 Å². The molecule has 10 heteroatoms. The van der Waals surface area contributed by atoms with Crippen LogP contribution in [0.4, 0.5) is 27.8 Å². The lowest BCUT2D eigenvalue weighted by Gasteiger charge is -2.08. The molecule has 5 nitrogen and oxygen atoms in total. The van der Waals surface area contributed by atoms with Gasteiger partial charge in [-0.2, -0.15) is 5.10 Å². The summed E-state index contributed by atoms with van der Waals surface area (Å²) in [4.78, 5) is 15.3. The summed E-state index contributed by atoms with van der Waals surface area (Å²) in [6, 6.07) is 9.03. The number of amides is 1. The quantitative estimate of drug-likeness (QED) is 0.263. The number of fused-ring (bicyclic) bond motifs is 1. The van der Waals surface area contributed by atoms with Crippen LogP contribution in [0.2, 0.25) is 0 Å². The van der Waals surface area contributed by atoms with E-state index in [0.29, 0.717) is 6.42 Å². The van der Waals surface area contributed by atoms with Crippen molar-refractivity contribution in [2.45, 2.75) is 19.4 Å². The van der Waals surface area contributed by atoms with Crippen molar-refractivity contribution in [2.24, 2.45) is 0 Å². The number of aromatic amines is 1. The van der Waals surface area contributed by atoms with Gasteiger partial charge in [0, 0.05) is 35.8 Å². The Morgan fingerprint density at radius 2 is 1.65 bits per heavy atom. The van der Waals surface area contributed by atoms with Crippen molar-refractivity contribution in [3.63, 3.8) is 0 Å². The third-order valence-electron chi connectivity index (χ3n) is 4.83. The molecule has 2 aromatic heterocycles. The molecule has 0 saturated heterocycles. The first-order chi connectivity index (χ1) is 14.8. The first-order valence-electron chi connectivity index (χ1n) is 9.23. The van der Waals surface area contributed by atoms with Crippen LogP contribution in [0.5, 0.6) is 0 Å². The maximum Gasteiger partial charge on any atom is 0.225 e. The molecule has 0 aliphatic rings. The molecule has 0 radical (unpaired) electrons. The molecular weight excluding hydrogens is 419 g/mol. The molecular formula is C21H15F5N4O. The van der Waals surface area contributed by atoms with Gasteiger partial charge in [-0.05, 0) is 18.1 Å². The van der Waals surface area contributed by atoms with Crippen molar-refractivity contribution in [1.29, 1.82) is 0 Å². The number of carbonyl (C=O) groups is 1. The highest BCUT2D eigenvalue weighted by Crippen LogP contribution is 2.24. The van der Waals surface area contributed by atoms with E-state index in [-0.39, 0.29) is 18.1 Å². The lowest BCUT2D eigenvalue weighted by atomic mass is 10.1. The summed E-state index contributed by atoms with van der Waals surface area (Å²) in [5.41, 5.74) is 0.920. The molecule has 31 heavy (non-hydrogen) atoms. The Morgan fingerprint density at radius 1 is 0.968 bits per heavy atom. The number of benzene rings is 2. The van der Waals surface area contributed by atoms with E-state index in [1.807, 2.05) is 30.5 Å². The Labute approximate surface area is 172 Å². The van der Waals surface area contributed by atoms with Crippen LogP contribution in [0.25, 0.3) is 10.9 Å². The van der Waals surface area contributed by atoms with Crippen molar-refractivity contribution >= 4 is 22.6 Å². The second kappa shape index (κ2) is 8.21. The number of hydrogen-bond acceptors (Lipinski definition) is 2. The van der Waals surface area contributed by atoms with E-state index in [2.05, 4.69) is 15.4 Å². The van der Waals surface area contributed by atoms with Crippen molar-refractivity contribution in [3.8, 4) is 0 Å². The van der Waals surface area contributed by atoms with Crippen LogP contribution in [0, 0.1) is 29.1 Å². The minimum Gasteiger partial charge on any atom is -0.361 e. The maximum atomic E-state index is 13.8. The second-order valence-electron chi connectivity index (χ2n) is 6.85. The normalized spacial score (nSPS) is 11.3. The van der Waals surface area contributed by atoms with Crippen LogP contribution in [-0.4, -0.2) is 20.7 Å². The molecule has 0 fully saturated rings. The van der Waals surface area contributed by atoms with E-state index < -0.39 is 41.2 Å². The monoisotopic (exact) mass is 434 g/mol. The molecule has 0 aliphatic heterocycles. The van der Waals surface area contributed by atoms with Gasteiger partial charge in [0.2, 0.25) is 11.7 Å². The van der Waals surface area contributed by atoms with Crippen molar-refractivity contribution in [3.05, 3.63) is 82.9 Å². The molecule has 4 aromatic rings. The lowest BCUT2D eigenvalue weighted by molar-refractivity contribution is -0.116. The van der Waals surface area contributed by atoms with E-state index in [0.717, 1.165) is 21.1 Å². The Morgan fingerprint density at radius 3 is 2.39 bits per heavy atom. The van der Waals surface area contributed by atoms with E-state index >= 15 is 0 Å². The van der Waals surface area contributed by atoms with Gasteiger partial charge in [0.05, 0.1) is 12.1 Å². The molecule has 2 N–H and O–H groups in total. The molecule has 2 heterocycles. The number of aromatic nitrogens is 3. The van der Waals surface area contributed by atoms with E-state index in [1.54, 1.807) is 0 Å².